The summed E-state index contributed by atoms with van der Waals surface area (Å²) in [7, 11) is -3.64. The topological polar surface area (TPSA) is 83.6 Å². The fourth-order valence-electron chi connectivity index (χ4n) is 2.51. The van der Waals surface area contributed by atoms with E-state index in [-0.39, 0.29) is 18.0 Å². The lowest BCUT2D eigenvalue weighted by molar-refractivity contribution is 0.252. The van der Waals surface area contributed by atoms with E-state index in [4.69, 9.17) is 10.8 Å². The third-order valence-electron chi connectivity index (χ3n) is 3.67. The largest absolute Gasteiger partial charge is 0.398 e. The quantitative estimate of drug-likeness (QED) is 0.754. The lowest BCUT2D eigenvalue weighted by Crippen LogP contribution is -2.35. The molecule has 0 heterocycles. The van der Waals surface area contributed by atoms with Gasteiger partial charge in [0.25, 0.3) is 0 Å². The summed E-state index contributed by atoms with van der Waals surface area (Å²) < 4.78 is 27.1. The van der Waals surface area contributed by atoms with Crippen LogP contribution in [0.15, 0.2) is 11.0 Å². The van der Waals surface area contributed by atoms with Gasteiger partial charge in [-0.3, -0.25) is 0 Å². The minimum absolute atomic E-state index is 0.106. The van der Waals surface area contributed by atoms with Gasteiger partial charge in [0.1, 0.15) is 0 Å². The molecule has 21 heavy (non-hydrogen) atoms. The van der Waals surface area contributed by atoms with Crippen LogP contribution >= 0.6 is 0 Å². The van der Waals surface area contributed by atoms with Crippen molar-refractivity contribution in [1.29, 1.82) is 0 Å². The average Bonchev–Trinajstić information content (AvgIpc) is 2.40. The second kappa shape index (κ2) is 7.24. The van der Waals surface area contributed by atoms with Gasteiger partial charge in [-0.05, 0) is 43.9 Å². The molecule has 0 fully saturated rings. The van der Waals surface area contributed by atoms with Crippen LogP contribution in [0.2, 0.25) is 0 Å². The Morgan fingerprint density at radius 3 is 2.33 bits per heavy atom. The maximum atomic E-state index is 12.9. The molecule has 0 saturated heterocycles. The summed E-state index contributed by atoms with van der Waals surface area (Å²) in [4.78, 5) is 0.273. The summed E-state index contributed by atoms with van der Waals surface area (Å²) in [6.45, 7) is 7.71. The van der Waals surface area contributed by atoms with E-state index in [2.05, 4.69) is 0 Å². The Morgan fingerprint density at radius 2 is 1.81 bits per heavy atom. The highest BCUT2D eigenvalue weighted by atomic mass is 32.2. The van der Waals surface area contributed by atoms with E-state index >= 15 is 0 Å². The number of nitrogens with two attached hydrogens (primary N) is 1. The molecule has 120 valence electrons. The number of sulfonamides is 1. The third kappa shape index (κ3) is 3.75. The highest BCUT2D eigenvalue weighted by Gasteiger charge is 2.28. The van der Waals surface area contributed by atoms with E-state index in [1.54, 1.807) is 19.9 Å². The minimum Gasteiger partial charge on any atom is -0.398 e. The Balaban J connectivity index is 3.37. The van der Waals surface area contributed by atoms with Crippen LogP contribution in [-0.2, 0) is 10.0 Å². The lowest BCUT2D eigenvalue weighted by atomic mass is 10.1. The number of nitrogens with zero attached hydrogens (tertiary/aromatic N) is 1. The van der Waals surface area contributed by atoms with Crippen molar-refractivity contribution in [2.24, 2.45) is 0 Å². The number of aliphatic hydroxyl groups excluding tert-OH is 1. The first kappa shape index (κ1) is 17.9. The van der Waals surface area contributed by atoms with E-state index in [1.807, 2.05) is 13.8 Å². The summed E-state index contributed by atoms with van der Waals surface area (Å²) in [6, 6.07) is 1.80. The van der Waals surface area contributed by atoms with E-state index in [1.165, 1.54) is 4.31 Å². The smallest absolute Gasteiger partial charge is 0.243 e. The van der Waals surface area contributed by atoms with Gasteiger partial charge in [-0.1, -0.05) is 19.4 Å². The molecule has 0 unspecified atom stereocenters. The molecule has 0 amide bonds. The van der Waals surface area contributed by atoms with Gasteiger partial charge in [0.15, 0.2) is 0 Å². The fraction of sp³-hybridized carbons (Fsp3) is 0.600. The first-order valence-electron chi connectivity index (χ1n) is 7.24. The second-order valence-electron chi connectivity index (χ2n) is 5.36. The number of hydrogen-bond acceptors (Lipinski definition) is 4. The van der Waals surface area contributed by atoms with Crippen LogP contribution in [0.3, 0.4) is 0 Å². The van der Waals surface area contributed by atoms with Gasteiger partial charge >= 0.3 is 0 Å². The van der Waals surface area contributed by atoms with Gasteiger partial charge in [0.05, 0.1) is 11.5 Å². The van der Waals surface area contributed by atoms with E-state index in [9.17, 15) is 8.42 Å². The van der Waals surface area contributed by atoms with Crippen LogP contribution in [-0.4, -0.2) is 37.5 Å². The third-order valence-corrected chi connectivity index (χ3v) is 5.86. The number of unbranched alkanes of at least 4 members (excludes halogenated alkanes) is 1. The molecule has 1 aromatic rings. The van der Waals surface area contributed by atoms with Gasteiger partial charge < -0.3 is 10.8 Å². The predicted octanol–water partition coefficient (Wildman–Crippen LogP) is 1.98. The molecular weight excluding hydrogens is 288 g/mol. The Kier molecular flexibility index (Phi) is 6.19. The zero-order chi connectivity index (χ0) is 16.2. The fourth-order valence-corrected chi connectivity index (χ4v) is 4.42. The van der Waals surface area contributed by atoms with Crippen LogP contribution in [0, 0.1) is 20.8 Å². The molecule has 0 aromatic heterocycles. The van der Waals surface area contributed by atoms with Crippen molar-refractivity contribution < 1.29 is 13.5 Å². The molecule has 0 spiro atoms. The second-order valence-corrected chi connectivity index (χ2v) is 7.23. The molecule has 0 bridgehead atoms. The van der Waals surface area contributed by atoms with Crippen molar-refractivity contribution in [2.45, 2.75) is 45.4 Å². The van der Waals surface area contributed by atoms with E-state index in [0.717, 1.165) is 18.4 Å². The molecule has 1 rings (SSSR count). The molecule has 0 radical (unpaired) electrons. The number of anilines is 1. The highest BCUT2D eigenvalue weighted by Crippen LogP contribution is 2.30. The van der Waals surface area contributed by atoms with Gasteiger partial charge in [-0.25, -0.2) is 8.42 Å². The maximum Gasteiger partial charge on any atom is 0.243 e. The zero-order valence-corrected chi connectivity index (χ0v) is 14.1. The van der Waals surface area contributed by atoms with Crippen molar-refractivity contribution >= 4 is 15.7 Å². The normalized spacial score (nSPS) is 12.1. The zero-order valence-electron chi connectivity index (χ0n) is 13.3. The van der Waals surface area contributed by atoms with E-state index in [0.29, 0.717) is 23.4 Å². The summed E-state index contributed by atoms with van der Waals surface area (Å²) in [6.07, 6.45) is 1.66. The summed E-state index contributed by atoms with van der Waals surface area (Å²) in [5.41, 5.74) is 8.67. The van der Waals surface area contributed by atoms with Gasteiger partial charge in [-0.2, -0.15) is 4.31 Å². The number of nitrogen functional groups attached to an aromatic ring is 1. The molecule has 0 aliphatic heterocycles. The monoisotopic (exact) mass is 314 g/mol. The van der Waals surface area contributed by atoms with Crippen LogP contribution in [0.1, 0.15) is 36.5 Å². The van der Waals surface area contributed by atoms with Crippen LogP contribution in [0.25, 0.3) is 0 Å². The summed E-state index contributed by atoms with van der Waals surface area (Å²) in [5.74, 6) is 0. The summed E-state index contributed by atoms with van der Waals surface area (Å²) >= 11 is 0. The molecule has 1 aromatic carbocycles. The van der Waals surface area contributed by atoms with Crippen molar-refractivity contribution in [1.82, 2.24) is 4.31 Å². The SMILES string of the molecule is CCCCN(CCO)S(=O)(=O)c1c(C)cc(C)c(N)c1C. The molecule has 3 N–H and O–H groups in total. The van der Waals surface area contributed by atoms with Gasteiger partial charge in [0, 0.05) is 18.8 Å². The average molecular weight is 314 g/mol. The van der Waals surface area contributed by atoms with Crippen LogP contribution < -0.4 is 5.73 Å². The predicted molar refractivity (Wildman–Crippen MR) is 85.8 cm³/mol. The molecule has 0 aliphatic carbocycles. The minimum atomic E-state index is -3.64. The Labute approximate surface area is 127 Å². The van der Waals surface area contributed by atoms with Crippen molar-refractivity contribution in [2.75, 3.05) is 25.4 Å². The maximum absolute atomic E-state index is 12.9. The number of hydrogen-bond donors (Lipinski definition) is 2. The van der Waals surface area contributed by atoms with Crippen LogP contribution in [0.5, 0.6) is 0 Å². The van der Waals surface area contributed by atoms with Crippen molar-refractivity contribution in [3.63, 3.8) is 0 Å². The Hall–Kier alpha value is -1.11. The Morgan fingerprint density at radius 1 is 1.19 bits per heavy atom. The number of benzene rings is 1. The standard InChI is InChI=1S/C15H26N2O3S/c1-5-6-7-17(8-9-18)21(19,20)15-12(3)10-11(2)14(16)13(15)4/h10,18H,5-9,16H2,1-4H3. The first-order chi connectivity index (χ1) is 9.77. The highest BCUT2D eigenvalue weighted by molar-refractivity contribution is 7.89. The number of rotatable bonds is 7. The summed E-state index contributed by atoms with van der Waals surface area (Å²) in [5, 5.41) is 9.15. The van der Waals surface area contributed by atoms with Gasteiger partial charge in [-0.15, -0.1) is 0 Å². The number of aliphatic hydroxyl groups is 1. The molecule has 6 heteroatoms. The molecular formula is C15H26N2O3S. The van der Waals surface area contributed by atoms with Crippen LogP contribution in [0.4, 0.5) is 5.69 Å². The first-order valence-corrected chi connectivity index (χ1v) is 8.68. The lowest BCUT2D eigenvalue weighted by Gasteiger charge is -2.24. The van der Waals surface area contributed by atoms with Gasteiger partial charge in [0.2, 0.25) is 10.0 Å². The molecule has 0 saturated carbocycles. The van der Waals surface area contributed by atoms with E-state index < -0.39 is 10.0 Å². The molecule has 0 aliphatic rings. The van der Waals surface area contributed by atoms with Crippen molar-refractivity contribution in [3.8, 4) is 0 Å². The Bertz CT molecular complexity index is 597. The molecule has 0 atom stereocenters. The van der Waals surface area contributed by atoms with Crippen molar-refractivity contribution in [3.05, 3.63) is 22.8 Å². The molecule has 5 nitrogen and oxygen atoms in total. The number of aryl methyl sites for hydroxylation is 2.